The predicted octanol–water partition coefficient (Wildman–Crippen LogP) is 2.15. The van der Waals surface area contributed by atoms with Gasteiger partial charge in [-0.15, -0.1) is 0 Å². The Hall–Kier alpha value is -3.16. The summed E-state index contributed by atoms with van der Waals surface area (Å²) >= 11 is 0. The van der Waals surface area contributed by atoms with Crippen LogP contribution in [0.1, 0.15) is 5.56 Å². The molecule has 0 atom stereocenters. The van der Waals surface area contributed by atoms with Gasteiger partial charge in [-0.25, -0.2) is 4.98 Å². The molecule has 0 amide bonds. The molecule has 0 saturated carbocycles. The zero-order valence-electron chi connectivity index (χ0n) is 11.0. The van der Waals surface area contributed by atoms with Crippen molar-refractivity contribution < 1.29 is 4.92 Å². The van der Waals surface area contributed by atoms with Crippen LogP contribution in [0.5, 0.6) is 0 Å². The Bertz CT molecular complexity index is 799. The molecule has 0 aliphatic heterocycles. The van der Waals surface area contributed by atoms with Crippen molar-refractivity contribution in [3.05, 3.63) is 52.3 Å². The van der Waals surface area contributed by atoms with Crippen LogP contribution in [0.4, 0.5) is 5.69 Å². The molecule has 0 aliphatic carbocycles. The highest BCUT2D eigenvalue weighted by atomic mass is 16.6. The first-order valence-electron chi connectivity index (χ1n) is 6.10. The van der Waals surface area contributed by atoms with E-state index in [9.17, 15) is 10.1 Å². The molecule has 104 valence electrons. The second-order valence-corrected chi connectivity index (χ2v) is 4.40. The molecule has 8 heteroatoms. The molecule has 1 N–H and O–H groups in total. The number of rotatable bonds is 3. The molecule has 0 aliphatic rings. The molecule has 2 aromatic heterocycles. The minimum Gasteiger partial charge on any atom is -0.259 e. The maximum atomic E-state index is 10.8. The average molecular weight is 282 g/mol. The molecule has 0 fully saturated rings. The number of aryl methyl sites for hydroxylation is 1. The van der Waals surface area contributed by atoms with Gasteiger partial charge >= 0.3 is 0 Å². The minimum atomic E-state index is -0.409. The molecule has 21 heavy (non-hydrogen) atoms. The van der Waals surface area contributed by atoms with Gasteiger partial charge in [0.05, 0.1) is 17.3 Å². The third-order valence-electron chi connectivity index (χ3n) is 2.99. The van der Waals surface area contributed by atoms with Crippen LogP contribution in [0.15, 0.2) is 36.7 Å². The zero-order chi connectivity index (χ0) is 14.8. The molecule has 0 unspecified atom stereocenters. The van der Waals surface area contributed by atoms with Gasteiger partial charge in [0.25, 0.3) is 5.69 Å². The number of nitro groups is 1. The monoisotopic (exact) mass is 282 g/mol. The zero-order valence-corrected chi connectivity index (χ0v) is 11.0. The highest BCUT2D eigenvalue weighted by Crippen LogP contribution is 2.25. The maximum absolute atomic E-state index is 10.8. The molecule has 2 heterocycles. The van der Waals surface area contributed by atoms with Gasteiger partial charge < -0.3 is 0 Å². The summed E-state index contributed by atoms with van der Waals surface area (Å²) in [4.78, 5) is 14.8. The van der Waals surface area contributed by atoms with Crippen molar-refractivity contribution in [2.75, 3.05) is 0 Å². The highest BCUT2D eigenvalue weighted by molar-refractivity contribution is 5.63. The molecule has 0 spiro atoms. The Balaban J connectivity index is 1.97. The molecular formula is C13H10N6O2. The smallest absolute Gasteiger partial charge is 0.259 e. The molecule has 0 radical (unpaired) electrons. The van der Waals surface area contributed by atoms with E-state index in [1.807, 2.05) is 0 Å². The van der Waals surface area contributed by atoms with Crippen LogP contribution in [0.2, 0.25) is 0 Å². The number of nitro benzene ring substituents is 1. The average Bonchev–Trinajstić information content (AvgIpc) is 2.97. The second kappa shape index (κ2) is 5.08. The molecule has 1 aromatic carbocycles. The maximum Gasteiger partial charge on any atom is 0.272 e. The topological polar surface area (TPSA) is 110 Å². The number of H-pyrrole nitrogens is 1. The lowest BCUT2D eigenvalue weighted by Crippen LogP contribution is -1.92. The SMILES string of the molecule is Cc1cc(-c2nc(-c3ccnnc3)n[nH]2)ccc1[N+](=O)[O-]. The van der Waals surface area contributed by atoms with Crippen LogP contribution in [0.3, 0.4) is 0 Å². The van der Waals surface area contributed by atoms with E-state index >= 15 is 0 Å². The number of aromatic amines is 1. The van der Waals surface area contributed by atoms with Crippen LogP contribution in [0.25, 0.3) is 22.8 Å². The van der Waals surface area contributed by atoms with E-state index in [-0.39, 0.29) is 5.69 Å². The van der Waals surface area contributed by atoms with Gasteiger partial charge in [0, 0.05) is 22.8 Å². The van der Waals surface area contributed by atoms with Crippen molar-refractivity contribution in [3.63, 3.8) is 0 Å². The molecule has 0 bridgehead atoms. The van der Waals surface area contributed by atoms with Crippen LogP contribution in [-0.2, 0) is 0 Å². The van der Waals surface area contributed by atoms with E-state index in [1.165, 1.54) is 6.07 Å². The Labute approximate surface area is 119 Å². The fraction of sp³-hybridized carbons (Fsp3) is 0.0769. The van der Waals surface area contributed by atoms with E-state index in [0.717, 1.165) is 11.1 Å². The number of nitrogens with one attached hydrogen (secondary N) is 1. The highest BCUT2D eigenvalue weighted by Gasteiger charge is 2.13. The van der Waals surface area contributed by atoms with Gasteiger partial charge in [-0.2, -0.15) is 15.3 Å². The van der Waals surface area contributed by atoms with Gasteiger partial charge in [-0.1, -0.05) is 0 Å². The summed E-state index contributed by atoms with van der Waals surface area (Å²) in [5.74, 6) is 1.04. The molecule has 0 saturated heterocycles. The summed E-state index contributed by atoms with van der Waals surface area (Å²) in [7, 11) is 0. The number of nitrogens with zero attached hydrogens (tertiary/aromatic N) is 5. The van der Waals surface area contributed by atoms with Crippen LogP contribution >= 0.6 is 0 Å². The van der Waals surface area contributed by atoms with Crippen molar-refractivity contribution in [1.82, 2.24) is 25.4 Å². The van der Waals surface area contributed by atoms with Crippen LogP contribution in [0, 0.1) is 17.0 Å². The van der Waals surface area contributed by atoms with E-state index < -0.39 is 4.92 Å². The fourth-order valence-electron chi connectivity index (χ4n) is 1.95. The summed E-state index contributed by atoms with van der Waals surface area (Å²) in [6.07, 6.45) is 3.12. The predicted molar refractivity (Wildman–Crippen MR) is 74.2 cm³/mol. The van der Waals surface area contributed by atoms with Crippen molar-refractivity contribution in [1.29, 1.82) is 0 Å². The fourth-order valence-corrected chi connectivity index (χ4v) is 1.95. The lowest BCUT2D eigenvalue weighted by atomic mass is 10.1. The van der Waals surface area contributed by atoms with E-state index in [2.05, 4.69) is 25.4 Å². The number of hydrogen-bond donors (Lipinski definition) is 1. The van der Waals surface area contributed by atoms with Gasteiger partial charge in [0.15, 0.2) is 11.6 Å². The van der Waals surface area contributed by atoms with Crippen molar-refractivity contribution in [2.24, 2.45) is 0 Å². The van der Waals surface area contributed by atoms with Crippen molar-refractivity contribution >= 4 is 5.69 Å². The molecule has 8 nitrogen and oxygen atoms in total. The number of hydrogen-bond acceptors (Lipinski definition) is 6. The van der Waals surface area contributed by atoms with Gasteiger partial charge in [0.2, 0.25) is 0 Å². The van der Waals surface area contributed by atoms with Gasteiger partial charge in [-0.3, -0.25) is 15.2 Å². The van der Waals surface area contributed by atoms with Gasteiger partial charge in [0.1, 0.15) is 0 Å². The van der Waals surface area contributed by atoms with E-state index in [0.29, 0.717) is 17.2 Å². The van der Waals surface area contributed by atoms with E-state index in [1.54, 1.807) is 37.5 Å². The van der Waals surface area contributed by atoms with E-state index in [4.69, 9.17) is 0 Å². The summed E-state index contributed by atoms with van der Waals surface area (Å²) in [5, 5.41) is 25.2. The number of benzene rings is 1. The minimum absolute atomic E-state index is 0.0804. The quantitative estimate of drug-likeness (QED) is 0.582. The third-order valence-corrected chi connectivity index (χ3v) is 2.99. The van der Waals surface area contributed by atoms with Crippen LogP contribution in [-0.4, -0.2) is 30.3 Å². The summed E-state index contributed by atoms with van der Waals surface area (Å²) in [6.45, 7) is 1.69. The summed E-state index contributed by atoms with van der Waals surface area (Å²) in [5.41, 5.74) is 2.13. The normalized spacial score (nSPS) is 10.5. The Morgan fingerprint density at radius 1 is 1.19 bits per heavy atom. The third kappa shape index (κ3) is 2.46. The van der Waals surface area contributed by atoms with Gasteiger partial charge in [-0.05, 0) is 25.1 Å². The first kappa shape index (κ1) is 12.9. The summed E-state index contributed by atoms with van der Waals surface area (Å²) < 4.78 is 0. The molecular weight excluding hydrogens is 272 g/mol. The first-order chi connectivity index (χ1) is 10.1. The van der Waals surface area contributed by atoms with Crippen molar-refractivity contribution in [3.8, 4) is 22.8 Å². The Kier molecular flexibility index (Phi) is 3.11. The Morgan fingerprint density at radius 2 is 2.05 bits per heavy atom. The second-order valence-electron chi connectivity index (χ2n) is 4.40. The lowest BCUT2D eigenvalue weighted by Gasteiger charge is -1.99. The first-order valence-corrected chi connectivity index (χ1v) is 6.10. The van der Waals surface area contributed by atoms with Crippen LogP contribution < -0.4 is 0 Å². The molecule has 3 aromatic rings. The molecule has 3 rings (SSSR count). The lowest BCUT2D eigenvalue weighted by molar-refractivity contribution is -0.385. The standard InChI is InChI=1S/C13H10N6O2/c1-8-6-9(2-3-11(8)19(20)21)12-16-13(18-17-12)10-4-5-14-15-7-10/h2-7H,1H3,(H,16,17,18). The largest absolute Gasteiger partial charge is 0.272 e. The number of aromatic nitrogens is 5. The van der Waals surface area contributed by atoms with Crippen molar-refractivity contribution in [2.45, 2.75) is 6.92 Å². The summed E-state index contributed by atoms with van der Waals surface area (Å²) in [6, 6.07) is 6.55. The Morgan fingerprint density at radius 3 is 2.71 bits per heavy atom.